The number of nitrogens with one attached hydrogen (secondary N) is 1. The van der Waals surface area contributed by atoms with Gasteiger partial charge in [-0.15, -0.1) is 11.3 Å². The van der Waals surface area contributed by atoms with E-state index in [-0.39, 0.29) is 16.7 Å². The van der Waals surface area contributed by atoms with Gasteiger partial charge in [-0.3, -0.25) is 0 Å². The van der Waals surface area contributed by atoms with Crippen molar-refractivity contribution in [3.05, 3.63) is 17.0 Å². The van der Waals surface area contributed by atoms with Gasteiger partial charge in [-0.2, -0.15) is 0 Å². The maximum absolute atomic E-state index is 11.5. The minimum absolute atomic E-state index is 0.0378. The molecule has 0 aliphatic carbocycles. The van der Waals surface area contributed by atoms with E-state index in [2.05, 4.69) is 5.32 Å². The van der Waals surface area contributed by atoms with Crippen molar-refractivity contribution < 1.29 is 13.5 Å². The van der Waals surface area contributed by atoms with Gasteiger partial charge in [-0.25, -0.2) is 13.6 Å². The molecule has 0 amide bonds. The highest BCUT2D eigenvalue weighted by atomic mass is 32.2. The van der Waals surface area contributed by atoms with Gasteiger partial charge in [-0.1, -0.05) is 0 Å². The van der Waals surface area contributed by atoms with Crippen molar-refractivity contribution in [3.8, 4) is 0 Å². The van der Waals surface area contributed by atoms with Crippen LogP contribution in [0.25, 0.3) is 0 Å². The van der Waals surface area contributed by atoms with Crippen LogP contribution >= 0.6 is 11.3 Å². The number of nitrogens with two attached hydrogens (primary N) is 1. The highest BCUT2D eigenvalue weighted by molar-refractivity contribution is 7.91. The monoisotopic (exact) mass is 290 g/mol. The van der Waals surface area contributed by atoms with Gasteiger partial charge in [0, 0.05) is 5.92 Å². The Labute approximate surface area is 111 Å². The largest absolute Gasteiger partial charge is 0.396 e. The summed E-state index contributed by atoms with van der Waals surface area (Å²) in [5.41, 5.74) is 0.678. The van der Waals surface area contributed by atoms with Crippen LogP contribution in [0.2, 0.25) is 0 Å². The maximum Gasteiger partial charge on any atom is 0.247 e. The fraction of sp³-hybridized carbons (Fsp3) is 0.636. The molecule has 1 aromatic rings. The predicted octanol–water partition coefficient (Wildman–Crippen LogP) is 0.471. The molecule has 1 fully saturated rings. The summed E-state index contributed by atoms with van der Waals surface area (Å²) in [6, 6.07) is 1.77. The topological polar surface area (TPSA) is 92.4 Å². The molecule has 1 aliphatic rings. The van der Waals surface area contributed by atoms with Gasteiger partial charge >= 0.3 is 0 Å². The Morgan fingerprint density at radius 1 is 1.50 bits per heavy atom. The Hall–Kier alpha value is -0.470. The first-order valence-electron chi connectivity index (χ1n) is 5.96. The summed E-state index contributed by atoms with van der Waals surface area (Å²) in [6.45, 7) is 1.79. The summed E-state index contributed by atoms with van der Waals surface area (Å²) in [5, 5.41) is 19.8. The van der Waals surface area contributed by atoms with E-state index >= 15 is 0 Å². The molecule has 0 radical (unpaired) electrons. The number of rotatable bonds is 4. The SMILES string of the molecule is NS(=O)(=O)c1sccc1[C@@H](CO)C1CCNCC1. The maximum atomic E-state index is 11.5. The molecule has 18 heavy (non-hydrogen) atoms. The van der Waals surface area contributed by atoms with E-state index < -0.39 is 10.0 Å². The zero-order chi connectivity index (χ0) is 13.2. The molecule has 102 valence electrons. The van der Waals surface area contributed by atoms with Crippen LogP contribution in [0.4, 0.5) is 0 Å². The van der Waals surface area contributed by atoms with Gasteiger partial charge in [0.25, 0.3) is 0 Å². The second kappa shape index (κ2) is 5.66. The van der Waals surface area contributed by atoms with Gasteiger partial charge in [0.05, 0.1) is 6.61 Å². The Morgan fingerprint density at radius 3 is 2.72 bits per heavy atom. The average molecular weight is 290 g/mol. The average Bonchev–Trinajstić information content (AvgIpc) is 2.80. The zero-order valence-corrected chi connectivity index (χ0v) is 11.6. The van der Waals surface area contributed by atoms with Crippen LogP contribution in [0.1, 0.15) is 24.3 Å². The Morgan fingerprint density at radius 2 is 2.17 bits per heavy atom. The second-order valence-electron chi connectivity index (χ2n) is 4.58. The molecule has 1 saturated heterocycles. The van der Waals surface area contributed by atoms with Crippen molar-refractivity contribution >= 4 is 21.4 Å². The summed E-state index contributed by atoms with van der Waals surface area (Å²) in [6.07, 6.45) is 1.90. The third kappa shape index (κ3) is 2.92. The number of primary sulfonamides is 1. The van der Waals surface area contributed by atoms with Gasteiger partial charge in [-0.05, 0) is 48.9 Å². The Kier molecular flexibility index (Phi) is 4.39. The molecular weight excluding hydrogens is 272 g/mol. The highest BCUT2D eigenvalue weighted by Crippen LogP contribution is 2.36. The number of piperidine rings is 1. The molecule has 0 aromatic carbocycles. The lowest BCUT2D eigenvalue weighted by molar-refractivity contribution is 0.200. The van der Waals surface area contributed by atoms with Crippen molar-refractivity contribution in [2.24, 2.45) is 11.1 Å². The molecule has 2 heterocycles. The fourth-order valence-electron chi connectivity index (χ4n) is 2.56. The van der Waals surface area contributed by atoms with Crippen LogP contribution in [0.15, 0.2) is 15.7 Å². The van der Waals surface area contributed by atoms with Gasteiger partial charge in [0.2, 0.25) is 10.0 Å². The van der Waals surface area contributed by atoms with Gasteiger partial charge in [0.1, 0.15) is 4.21 Å². The normalized spacial score (nSPS) is 19.9. The first-order valence-corrected chi connectivity index (χ1v) is 8.38. The van der Waals surface area contributed by atoms with E-state index in [9.17, 15) is 13.5 Å². The molecule has 1 aromatic heterocycles. The number of thiophene rings is 1. The Balaban J connectivity index is 2.30. The van der Waals surface area contributed by atoms with E-state index in [1.165, 1.54) is 0 Å². The minimum atomic E-state index is -3.69. The number of sulfonamides is 1. The van der Waals surface area contributed by atoms with Crippen LogP contribution in [0.5, 0.6) is 0 Å². The molecule has 7 heteroatoms. The van der Waals surface area contributed by atoms with Gasteiger partial charge < -0.3 is 10.4 Å². The summed E-state index contributed by atoms with van der Waals surface area (Å²) < 4.78 is 23.2. The number of hydrogen-bond acceptors (Lipinski definition) is 5. The molecule has 0 bridgehead atoms. The summed E-state index contributed by atoms with van der Waals surface area (Å²) >= 11 is 1.12. The number of hydrogen-bond donors (Lipinski definition) is 3. The zero-order valence-electron chi connectivity index (χ0n) is 10.0. The third-order valence-corrected chi connectivity index (χ3v) is 5.93. The van der Waals surface area contributed by atoms with Gasteiger partial charge in [0.15, 0.2) is 0 Å². The van der Waals surface area contributed by atoms with Crippen molar-refractivity contribution in [2.75, 3.05) is 19.7 Å². The highest BCUT2D eigenvalue weighted by Gasteiger charge is 2.29. The van der Waals surface area contributed by atoms with Crippen molar-refractivity contribution in [1.29, 1.82) is 0 Å². The lowest BCUT2D eigenvalue weighted by Gasteiger charge is -2.29. The molecule has 5 nitrogen and oxygen atoms in total. The van der Waals surface area contributed by atoms with E-state index in [1.54, 1.807) is 11.4 Å². The van der Waals surface area contributed by atoms with Crippen molar-refractivity contribution in [2.45, 2.75) is 23.0 Å². The molecular formula is C11H18N2O3S2. The van der Waals surface area contributed by atoms with Crippen LogP contribution in [0, 0.1) is 5.92 Å². The molecule has 0 spiro atoms. The summed E-state index contributed by atoms with van der Waals surface area (Å²) in [7, 11) is -3.69. The summed E-state index contributed by atoms with van der Waals surface area (Å²) in [4.78, 5) is 0. The summed E-state index contributed by atoms with van der Waals surface area (Å²) in [5.74, 6) is 0.179. The quantitative estimate of drug-likeness (QED) is 0.751. The fourth-order valence-corrected chi connectivity index (χ4v) is 4.50. The first kappa shape index (κ1) is 14.0. The lowest BCUT2D eigenvalue weighted by atomic mass is 9.82. The molecule has 1 atom stereocenters. The smallest absolute Gasteiger partial charge is 0.247 e. The molecule has 0 unspecified atom stereocenters. The predicted molar refractivity (Wildman–Crippen MR) is 71.1 cm³/mol. The van der Waals surface area contributed by atoms with Crippen LogP contribution in [-0.4, -0.2) is 33.2 Å². The van der Waals surface area contributed by atoms with E-state index in [1.807, 2.05) is 0 Å². The molecule has 0 saturated carbocycles. The second-order valence-corrected chi connectivity index (χ2v) is 7.26. The third-order valence-electron chi connectivity index (χ3n) is 3.47. The first-order chi connectivity index (χ1) is 8.54. The molecule has 4 N–H and O–H groups in total. The minimum Gasteiger partial charge on any atom is -0.396 e. The number of aliphatic hydroxyl groups is 1. The van der Waals surface area contributed by atoms with Crippen LogP contribution in [-0.2, 0) is 10.0 Å². The van der Waals surface area contributed by atoms with E-state index in [0.29, 0.717) is 11.5 Å². The van der Waals surface area contributed by atoms with Crippen LogP contribution in [0.3, 0.4) is 0 Å². The molecule has 2 rings (SSSR count). The van der Waals surface area contributed by atoms with E-state index in [4.69, 9.17) is 5.14 Å². The van der Waals surface area contributed by atoms with Crippen LogP contribution < -0.4 is 10.5 Å². The van der Waals surface area contributed by atoms with Crippen molar-refractivity contribution in [1.82, 2.24) is 5.32 Å². The van der Waals surface area contributed by atoms with E-state index in [0.717, 1.165) is 37.3 Å². The van der Waals surface area contributed by atoms with Crippen molar-refractivity contribution in [3.63, 3.8) is 0 Å². The standard InChI is InChI=1S/C11H18N2O3S2/c12-18(15,16)11-9(3-6-17-11)10(7-14)8-1-4-13-5-2-8/h3,6,8,10,13-14H,1-2,4-5,7H2,(H2,12,15,16)/t10-/m0/s1. The number of aliphatic hydroxyl groups excluding tert-OH is 1. The molecule has 1 aliphatic heterocycles. The lowest BCUT2D eigenvalue weighted by Crippen LogP contribution is -2.32. The Bertz CT molecular complexity index is 492.